The molecule has 0 saturated carbocycles. The molecule has 1 aromatic heterocycles. The summed E-state index contributed by atoms with van der Waals surface area (Å²) in [5.74, 6) is 0.157. The minimum atomic E-state index is -0.384. The number of hydrogen-bond donors (Lipinski definition) is 0. The summed E-state index contributed by atoms with van der Waals surface area (Å²) in [7, 11) is 1.35. The molecule has 0 N–H and O–H groups in total. The number of carbonyl (C=O) groups excluding carboxylic acids is 1. The average molecular weight is 379 g/mol. The highest BCUT2D eigenvalue weighted by atomic mass is 127. The standard InChI is InChI=1S/C15H10INO3/c1-19-15(18)10-4-7-13-12(8-10)17-14(20-13)9-2-5-11(16)6-3-9/h2-8H,1H3. The van der Waals surface area contributed by atoms with Gasteiger partial charge in [-0.3, -0.25) is 0 Å². The van der Waals surface area contributed by atoms with Gasteiger partial charge in [0.1, 0.15) is 5.52 Å². The highest BCUT2D eigenvalue weighted by Crippen LogP contribution is 2.25. The fourth-order valence-corrected chi connectivity index (χ4v) is 2.25. The van der Waals surface area contributed by atoms with Crippen LogP contribution in [0.3, 0.4) is 0 Å². The summed E-state index contributed by atoms with van der Waals surface area (Å²) in [5.41, 5.74) is 2.65. The molecule has 100 valence electrons. The average Bonchev–Trinajstić information content (AvgIpc) is 2.90. The molecular formula is C15H10INO3. The Balaban J connectivity index is 2.06. The fraction of sp³-hybridized carbons (Fsp3) is 0.0667. The predicted molar refractivity (Wildman–Crippen MR) is 83.5 cm³/mol. The lowest BCUT2D eigenvalue weighted by Crippen LogP contribution is -2.00. The third-order valence-electron chi connectivity index (χ3n) is 2.90. The summed E-state index contributed by atoms with van der Waals surface area (Å²) in [4.78, 5) is 15.9. The van der Waals surface area contributed by atoms with Gasteiger partial charge >= 0.3 is 5.97 Å². The summed E-state index contributed by atoms with van der Waals surface area (Å²) < 4.78 is 11.5. The second-order valence-corrected chi connectivity index (χ2v) is 5.45. The van der Waals surface area contributed by atoms with Crippen molar-refractivity contribution in [2.45, 2.75) is 0 Å². The Morgan fingerprint density at radius 1 is 1.20 bits per heavy atom. The van der Waals surface area contributed by atoms with E-state index in [1.54, 1.807) is 18.2 Å². The fourth-order valence-electron chi connectivity index (χ4n) is 1.89. The molecule has 20 heavy (non-hydrogen) atoms. The maximum atomic E-state index is 11.5. The van der Waals surface area contributed by atoms with Crippen molar-refractivity contribution in [3.8, 4) is 11.5 Å². The number of aromatic nitrogens is 1. The van der Waals surface area contributed by atoms with Gasteiger partial charge in [-0.25, -0.2) is 9.78 Å². The van der Waals surface area contributed by atoms with E-state index in [1.165, 1.54) is 7.11 Å². The summed E-state index contributed by atoms with van der Waals surface area (Å²) in [6.45, 7) is 0. The van der Waals surface area contributed by atoms with Gasteiger partial charge in [0.2, 0.25) is 5.89 Å². The van der Waals surface area contributed by atoms with Gasteiger partial charge in [0.15, 0.2) is 5.58 Å². The normalized spacial score (nSPS) is 10.7. The van der Waals surface area contributed by atoms with Crippen LogP contribution in [0.4, 0.5) is 0 Å². The number of rotatable bonds is 2. The SMILES string of the molecule is COC(=O)c1ccc2oc(-c3ccc(I)cc3)nc2c1. The van der Waals surface area contributed by atoms with E-state index in [0.29, 0.717) is 22.6 Å². The number of hydrogen-bond acceptors (Lipinski definition) is 4. The topological polar surface area (TPSA) is 52.3 Å². The highest BCUT2D eigenvalue weighted by Gasteiger charge is 2.11. The van der Waals surface area contributed by atoms with E-state index in [-0.39, 0.29) is 5.97 Å². The molecule has 0 bridgehead atoms. The van der Waals surface area contributed by atoms with Crippen LogP contribution in [0.25, 0.3) is 22.6 Å². The van der Waals surface area contributed by atoms with E-state index in [2.05, 4.69) is 27.6 Å². The van der Waals surface area contributed by atoms with Crippen molar-refractivity contribution >= 4 is 39.7 Å². The Kier molecular flexibility index (Phi) is 3.43. The number of halogens is 1. The molecule has 0 radical (unpaired) electrons. The van der Waals surface area contributed by atoms with Crippen molar-refractivity contribution < 1.29 is 13.9 Å². The summed E-state index contributed by atoms with van der Waals surface area (Å²) in [6.07, 6.45) is 0. The molecule has 0 spiro atoms. The van der Waals surface area contributed by atoms with Gasteiger partial charge in [0, 0.05) is 9.13 Å². The molecule has 0 saturated heterocycles. The lowest BCUT2D eigenvalue weighted by molar-refractivity contribution is 0.0601. The number of methoxy groups -OCH3 is 1. The van der Waals surface area contributed by atoms with E-state index in [0.717, 1.165) is 9.13 Å². The summed E-state index contributed by atoms with van der Waals surface area (Å²) in [6, 6.07) is 12.9. The van der Waals surface area contributed by atoms with Crippen molar-refractivity contribution in [1.82, 2.24) is 4.98 Å². The first-order valence-corrected chi connectivity index (χ1v) is 7.00. The molecule has 0 aliphatic rings. The molecule has 0 atom stereocenters. The van der Waals surface area contributed by atoms with Gasteiger partial charge in [-0.1, -0.05) is 0 Å². The molecular weight excluding hydrogens is 369 g/mol. The number of fused-ring (bicyclic) bond motifs is 1. The van der Waals surface area contributed by atoms with E-state index >= 15 is 0 Å². The van der Waals surface area contributed by atoms with Crippen LogP contribution in [0.2, 0.25) is 0 Å². The monoisotopic (exact) mass is 379 g/mol. The van der Waals surface area contributed by atoms with Crippen LogP contribution in [0, 0.1) is 3.57 Å². The Morgan fingerprint density at radius 2 is 1.95 bits per heavy atom. The van der Waals surface area contributed by atoms with Crippen LogP contribution >= 0.6 is 22.6 Å². The summed E-state index contributed by atoms with van der Waals surface area (Å²) in [5, 5.41) is 0. The van der Waals surface area contributed by atoms with Crippen LogP contribution in [0.5, 0.6) is 0 Å². The first-order chi connectivity index (χ1) is 9.67. The lowest BCUT2D eigenvalue weighted by atomic mass is 10.2. The van der Waals surface area contributed by atoms with Crippen molar-refractivity contribution in [1.29, 1.82) is 0 Å². The molecule has 0 amide bonds. The van der Waals surface area contributed by atoms with E-state index in [9.17, 15) is 4.79 Å². The maximum absolute atomic E-state index is 11.5. The Bertz CT molecular complexity index is 777. The maximum Gasteiger partial charge on any atom is 0.337 e. The van der Waals surface area contributed by atoms with E-state index in [4.69, 9.17) is 9.15 Å². The second kappa shape index (κ2) is 5.24. The molecule has 0 fully saturated rings. The Morgan fingerprint density at radius 3 is 2.65 bits per heavy atom. The lowest BCUT2D eigenvalue weighted by Gasteiger charge is -1.96. The quantitative estimate of drug-likeness (QED) is 0.501. The van der Waals surface area contributed by atoms with E-state index in [1.807, 2.05) is 24.3 Å². The number of carbonyl (C=O) groups is 1. The number of ether oxygens (including phenoxy) is 1. The molecule has 0 aliphatic heterocycles. The van der Waals surface area contributed by atoms with Gasteiger partial charge in [0.25, 0.3) is 0 Å². The van der Waals surface area contributed by atoms with Crippen LogP contribution in [0.1, 0.15) is 10.4 Å². The van der Waals surface area contributed by atoms with Gasteiger partial charge in [-0.05, 0) is 65.1 Å². The zero-order valence-electron chi connectivity index (χ0n) is 10.6. The minimum Gasteiger partial charge on any atom is -0.465 e. The third-order valence-corrected chi connectivity index (χ3v) is 3.62. The first kappa shape index (κ1) is 13.1. The molecule has 0 aliphatic carbocycles. The van der Waals surface area contributed by atoms with Crippen LogP contribution in [0.15, 0.2) is 46.9 Å². The largest absolute Gasteiger partial charge is 0.465 e. The van der Waals surface area contributed by atoms with Gasteiger partial charge in [-0.15, -0.1) is 0 Å². The van der Waals surface area contributed by atoms with E-state index < -0.39 is 0 Å². The molecule has 1 heterocycles. The van der Waals surface area contributed by atoms with Crippen LogP contribution in [-0.4, -0.2) is 18.1 Å². The van der Waals surface area contributed by atoms with Gasteiger partial charge in [-0.2, -0.15) is 0 Å². The predicted octanol–water partition coefficient (Wildman–Crippen LogP) is 3.89. The van der Waals surface area contributed by atoms with Crippen molar-refractivity contribution in [3.05, 3.63) is 51.6 Å². The third kappa shape index (κ3) is 2.40. The molecule has 2 aromatic carbocycles. The smallest absolute Gasteiger partial charge is 0.337 e. The number of oxazole rings is 1. The molecule has 4 nitrogen and oxygen atoms in total. The van der Waals surface area contributed by atoms with Crippen molar-refractivity contribution in [3.63, 3.8) is 0 Å². The molecule has 3 rings (SSSR count). The van der Waals surface area contributed by atoms with Crippen LogP contribution in [-0.2, 0) is 4.74 Å². The first-order valence-electron chi connectivity index (χ1n) is 5.92. The Labute approximate surface area is 128 Å². The second-order valence-electron chi connectivity index (χ2n) is 4.20. The van der Waals surface area contributed by atoms with Crippen molar-refractivity contribution in [2.75, 3.05) is 7.11 Å². The number of esters is 1. The molecule has 3 aromatic rings. The zero-order valence-corrected chi connectivity index (χ0v) is 12.7. The summed E-state index contributed by atoms with van der Waals surface area (Å²) >= 11 is 2.24. The van der Waals surface area contributed by atoms with Crippen molar-refractivity contribution in [2.24, 2.45) is 0 Å². The molecule has 0 unspecified atom stereocenters. The molecule has 5 heteroatoms. The number of benzene rings is 2. The number of nitrogens with zero attached hydrogens (tertiary/aromatic N) is 1. The zero-order chi connectivity index (χ0) is 14.1. The minimum absolute atomic E-state index is 0.384. The van der Waals surface area contributed by atoms with Gasteiger partial charge < -0.3 is 9.15 Å². The van der Waals surface area contributed by atoms with Crippen LogP contribution < -0.4 is 0 Å². The Hall–Kier alpha value is -1.89. The van der Waals surface area contributed by atoms with Gasteiger partial charge in [0.05, 0.1) is 12.7 Å². The highest BCUT2D eigenvalue weighted by molar-refractivity contribution is 14.1.